The summed E-state index contributed by atoms with van der Waals surface area (Å²) in [4.78, 5) is 24.2. The van der Waals surface area contributed by atoms with E-state index in [1.165, 1.54) is 0 Å². The number of piperidine rings is 1. The van der Waals surface area contributed by atoms with Gasteiger partial charge in [0.1, 0.15) is 11.3 Å². The second kappa shape index (κ2) is 6.27. The zero-order valence-corrected chi connectivity index (χ0v) is 15.5. The number of amides is 1. The molecule has 25 heavy (non-hydrogen) atoms. The molecule has 4 heterocycles. The Morgan fingerprint density at radius 2 is 1.88 bits per heavy atom. The van der Waals surface area contributed by atoms with E-state index in [0.717, 1.165) is 51.2 Å². The molecule has 0 atom stereocenters. The minimum absolute atomic E-state index is 0.0153. The number of likely N-dealkylation sites (tertiary alicyclic amines) is 1. The van der Waals surface area contributed by atoms with Crippen molar-refractivity contribution >= 4 is 23.2 Å². The van der Waals surface area contributed by atoms with Crippen molar-refractivity contribution in [3.8, 4) is 0 Å². The largest absolute Gasteiger partial charge is 0.337 e. The average molecular weight is 362 g/mol. The van der Waals surface area contributed by atoms with Gasteiger partial charge in [0.05, 0.1) is 5.02 Å². The molecular weight excluding hydrogens is 338 g/mol. The third kappa shape index (κ3) is 3.03. The molecular formula is C18H24ClN5O. The lowest BCUT2D eigenvalue weighted by Gasteiger charge is -2.52. The second-order valence-corrected chi connectivity index (χ2v) is 7.85. The molecule has 0 unspecified atom stereocenters. The van der Waals surface area contributed by atoms with Gasteiger partial charge in [0.2, 0.25) is 0 Å². The third-order valence-corrected chi connectivity index (χ3v) is 6.03. The molecule has 1 amide bonds. The van der Waals surface area contributed by atoms with Crippen LogP contribution in [0, 0.1) is 0 Å². The van der Waals surface area contributed by atoms with Crippen LogP contribution >= 0.6 is 11.6 Å². The molecule has 7 heteroatoms. The van der Waals surface area contributed by atoms with Crippen LogP contribution in [0.4, 0.5) is 0 Å². The van der Waals surface area contributed by atoms with Gasteiger partial charge < -0.3 is 14.2 Å². The summed E-state index contributed by atoms with van der Waals surface area (Å²) in [6.45, 7) is 4.86. The average Bonchev–Trinajstić information content (AvgIpc) is 3.02. The molecule has 4 rings (SSSR count). The number of pyridine rings is 1. The number of hydrogen-bond donors (Lipinski definition) is 0. The van der Waals surface area contributed by atoms with Gasteiger partial charge in [-0.05, 0) is 39.1 Å². The van der Waals surface area contributed by atoms with Crippen molar-refractivity contribution < 1.29 is 4.79 Å². The van der Waals surface area contributed by atoms with Crippen molar-refractivity contribution in [3.63, 3.8) is 0 Å². The van der Waals surface area contributed by atoms with Gasteiger partial charge in [-0.1, -0.05) is 11.6 Å². The van der Waals surface area contributed by atoms with E-state index >= 15 is 0 Å². The smallest absolute Gasteiger partial charge is 0.274 e. The molecule has 2 aromatic heterocycles. The summed E-state index contributed by atoms with van der Waals surface area (Å²) in [7, 11) is 4.41. The van der Waals surface area contributed by atoms with Gasteiger partial charge in [-0.2, -0.15) is 0 Å². The molecule has 0 aromatic carbocycles. The Bertz CT molecular complexity index is 796. The monoisotopic (exact) mass is 361 g/mol. The first-order chi connectivity index (χ1) is 12.0. The summed E-state index contributed by atoms with van der Waals surface area (Å²) >= 11 is 6.01. The fourth-order valence-electron chi connectivity index (χ4n) is 4.16. The quantitative estimate of drug-likeness (QED) is 0.777. The van der Waals surface area contributed by atoms with Gasteiger partial charge in [-0.25, -0.2) is 4.98 Å². The molecule has 2 saturated heterocycles. The standard InChI is InChI=1S/C18H24ClN5O/c1-21-9-10-22(2)18(13-21)5-7-23(8-6-18)17(25)15-12-24-11-14(19)3-4-16(24)20-15/h3-4,11-12H,5-10,13H2,1-2H3. The van der Waals surface area contributed by atoms with Gasteiger partial charge in [-0.15, -0.1) is 0 Å². The van der Waals surface area contributed by atoms with E-state index in [2.05, 4.69) is 28.9 Å². The number of imidazole rings is 1. The molecule has 2 aromatic rings. The van der Waals surface area contributed by atoms with Gasteiger partial charge in [-0.3, -0.25) is 9.69 Å². The van der Waals surface area contributed by atoms with Crippen LogP contribution in [0.3, 0.4) is 0 Å². The van der Waals surface area contributed by atoms with Crippen LogP contribution in [0.5, 0.6) is 0 Å². The highest BCUT2D eigenvalue weighted by atomic mass is 35.5. The lowest BCUT2D eigenvalue weighted by atomic mass is 9.84. The van der Waals surface area contributed by atoms with E-state index in [0.29, 0.717) is 10.7 Å². The Balaban J connectivity index is 1.48. The van der Waals surface area contributed by atoms with Crippen molar-refractivity contribution in [2.45, 2.75) is 18.4 Å². The highest BCUT2D eigenvalue weighted by Gasteiger charge is 2.42. The maximum atomic E-state index is 12.9. The lowest BCUT2D eigenvalue weighted by molar-refractivity contribution is -0.0158. The van der Waals surface area contributed by atoms with Crippen LogP contribution in [-0.4, -0.2) is 82.3 Å². The fourth-order valence-corrected chi connectivity index (χ4v) is 4.32. The first-order valence-electron chi connectivity index (χ1n) is 8.80. The van der Waals surface area contributed by atoms with Crippen LogP contribution < -0.4 is 0 Å². The molecule has 0 saturated carbocycles. The SMILES string of the molecule is CN1CCN(C)C2(CCN(C(=O)c3cn4cc(Cl)ccc4n3)CC2)C1. The second-order valence-electron chi connectivity index (χ2n) is 7.41. The molecule has 6 nitrogen and oxygen atoms in total. The van der Waals surface area contributed by atoms with E-state index in [-0.39, 0.29) is 11.4 Å². The fraction of sp³-hybridized carbons (Fsp3) is 0.556. The van der Waals surface area contributed by atoms with Crippen molar-refractivity contribution in [1.29, 1.82) is 0 Å². The van der Waals surface area contributed by atoms with Gasteiger partial charge >= 0.3 is 0 Å². The molecule has 2 aliphatic heterocycles. The number of aromatic nitrogens is 2. The summed E-state index contributed by atoms with van der Waals surface area (Å²) < 4.78 is 1.81. The molecule has 0 radical (unpaired) electrons. The molecule has 0 aliphatic carbocycles. The van der Waals surface area contributed by atoms with Crippen LogP contribution in [-0.2, 0) is 0 Å². The number of carbonyl (C=O) groups is 1. The zero-order valence-electron chi connectivity index (χ0n) is 14.8. The number of piperazine rings is 1. The summed E-state index contributed by atoms with van der Waals surface area (Å²) in [6.07, 6.45) is 5.57. The third-order valence-electron chi connectivity index (χ3n) is 5.81. The minimum Gasteiger partial charge on any atom is -0.337 e. The molecule has 2 fully saturated rings. The molecule has 0 N–H and O–H groups in total. The van der Waals surface area contributed by atoms with Crippen molar-refractivity contribution in [2.24, 2.45) is 0 Å². The first-order valence-corrected chi connectivity index (χ1v) is 9.18. The molecule has 0 bridgehead atoms. The predicted octanol–water partition coefficient (Wildman–Crippen LogP) is 1.84. The number of rotatable bonds is 1. The Morgan fingerprint density at radius 1 is 1.12 bits per heavy atom. The Kier molecular flexibility index (Phi) is 4.22. The first kappa shape index (κ1) is 16.8. The normalized spacial score (nSPS) is 22.0. The van der Waals surface area contributed by atoms with Crippen LogP contribution in [0.15, 0.2) is 24.5 Å². The van der Waals surface area contributed by atoms with Gasteiger partial charge in [0.15, 0.2) is 0 Å². The highest BCUT2D eigenvalue weighted by Crippen LogP contribution is 2.31. The van der Waals surface area contributed by atoms with Crippen LogP contribution in [0.1, 0.15) is 23.3 Å². The summed E-state index contributed by atoms with van der Waals surface area (Å²) in [5.41, 5.74) is 1.44. The van der Waals surface area contributed by atoms with Crippen molar-refractivity contribution in [1.82, 2.24) is 24.1 Å². The summed E-state index contributed by atoms with van der Waals surface area (Å²) in [5.74, 6) is 0.0153. The summed E-state index contributed by atoms with van der Waals surface area (Å²) in [5, 5.41) is 0.633. The zero-order chi connectivity index (χ0) is 17.6. The molecule has 1 spiro atoms. The van der Waals surface area contributed by atoms with Gasteiger partial charge in [0, 0.05) is 50.7 Å². The van der Waals surface area contributed by atoms with E-state index < -0.39 is 0 Å². The van der Waals surface area contributed by atoms with Crippen LogP contribution in [0.25, 0.3) is 5.65 Å². The topological polar surface area (TPSA) is 44.1 Å². The lowest BCUT2D eigenvalue weighted by Crippen LogP contribution is -2.64. The van der Waals surface area contributed by atoms with Crippen molar-refractivity contribution in [2.75, 3.05) is 46.8 Å². The number of halogens is 1. The number of carbonyl (C=O) groups excluding carboxylic acids is 1. The molecule has 134 valence electrons. The Labute approximate surface area is 153 Å². The maximum absolute atomic E-state index is 12.9. The Hall–Kier alpha value is -1.63. The Morgan fingerprint density at radius 3 is 2.64 bits per heavy atom. The van der Waals surface area contributed by atoms with E-state index in [4.69, 9.17) is 11.6 Å². The number of likely N-dealkylation sites (N-methyl/N-ethyl adjacent to an activating group) is 2. The highest BCUT2D eigenvalue weighted by molar-refractivity contribution is 6.30. The number of hydrogen-bond acceptors (Lipinski definition) is 4. The summed E-state index contributed by atoms with van der Waals surface area (Å²) in [6, 6.07) is 3.62. The van der Waals surface area contributed by atoms with Crippen molar-refractivity contribution in [3.05, 3.63) is 35.2 Å². The number of fused-ring (bicyclic) bond motifs is 1. The maximum Gasteiger partial charge on any atom is 0.274 e. The predicted molar refractivity (Wildman–Crippen MR) is 98.2 cm³/mol. The minimum atomic E-state index is 0.0153. The number of nitrogens with zero attached hydrogens (tertiary/aromatic N) is 5. The van der Waals surface area contributed by atoms with Crippen LogP contribution in [0.2, 0.25) is 5.02 Å². The van der Waals surface area contributed by atoms with Gasteiger partial charge in [0.25, 0.3) is 5.91 Å². The van der Waals surface area contributed by atoms with E-state index in [9.17, 15) is 4.79 Å². The van der Waals surface area contributed by atoms with E-state index in [1.54, 1.807) is 18.5 Å². The van der Waals surface area contributed by atoms with E-state index in [1.807, 2.05) is 15.4 Å². The molecule has 2 aliphatic rings.